The zero-order valence-corrected chi connectivity index (χ0v) is 10.0. The lowest BCUT2D eigenvalue weighted by atomic mass is 10.1. The second-order valence-electron chi connectivity index (χ2n) is 3.26. The minimum Gasteiger partial charge on any atom is -0.459 e. The lowest BCUT2D eigenvalue weighted by Gasteiger charge is -2.09. The molecule has 0 aromatic heterocycles. The van der Waals surface area contributed by atoms with E-state index in [1.807, 2.05) is 6.07 Å². The lowest BCUT2D eigenvalue weighted by molar-refractivity contribution is 0.0377. The van der Waals surface area contributed by atoms with Crippen LogP contribution in [-0.4, -0.2) is 12.1 Å². The summed E-state index contributed by atoms with van der Waals surface area (Å²) in [6, 6.07) is 6.78. The number of hydrogen-bond acceptors (Lipinski definition) is 3. The maximum absolute atomic E-state index is 11.6. The molecule has 0 radical (unpaired) electrons. The smallest absolute Gasteiger partial charge is 0.339 e. The fourth-order valence-electron chi connectivity index (χ4n) is 1.03. The van der Waals surface area contributed by atoms with Crippen molar-refractivity contribution < 1.29 is 9.53 Å². The molecule has 0 unspecified atom stereocenters. The third-order valence-electron chi connectivity index (χ3n) is 1.66. The molecule has 1 aromatic rings. The summed E-state index contributed by atoms with van der Waals surface area (Å²) in [6.07, 6.45) is -0.171. The van der Waals surface area contributed by atoms with E-state index in [1.54, 1.807) is 26.0 Å². The first kappa shape index (κ1) is 11.7. The van der Waals surface area contributed by atoms with E-state index in [4.69, 9.17) is 10.00 Å². The van der Waals surface area contributed by atoms with Crippen LogP contribution in [0, 0.1) is 11.3 Å². The molecule has 78 valence electrons. The number of carbonyl (C=O) groups excluding carboxylic acids is 1. The van der Waals surface area contributed by atoms with Crippen LogP contribution < -0.4 is 0 Å². The summed E-state index contributed by atoms with van der Waals surface area (Å²) in [7, 11) is 0. The average Bonchev–Trinajstić information content (AvgIpc) is 2.17. The molecule has 0 heterocycles. The third-order valence-corrected chi connectivity index (χ3v) is 2.35. The van der Waals surface area contributed by atoms with Crippen molar-refractivity contribution in [1.82, 2.24) is 0 Å². The molecule has 3 nitrogen and oxygen atoms in total. The SMILES string of the molecule is CC(C)OC(=O)c1cc(C#N)ccc1Br. The summed E-state index contributed by atoms with van der Waals surface area (Å²) in [5.74, 6) is -0.422. The Hall–Kier alpha value is -1.34. The predicted octanol–water partition coefficient (Wildman–Crippen LogP) is 2.89. The van der Waals surface area contributed by atoms with Crippen molar-refractivity contribution in [3.63, 3.8) is 0 Å². The first-order valence-electron chi connectivity index (χ1n) is 4.45. The maximum Gasteiger partial charge on any atom is 0.339 e. The zero-order chi connectivity index (χ0) is 11.4. The Morgan fingerprint density at radius 2 is 2.20 bits per heavy atom. The fraction of sp³-hybridized carbons (Fsp3) is 0.273. The largest absolute Gasteiger partial charge is 0.459 e. The van der Waals surface area contributed by atoms with Crippen LogP contribution in [0.2, 0.25) is 0 Å². The molecule has 0 N–H and O–H groups in total. The molecule has 0 fully saturated rings. The Labute approximate surface area is 96.8 Å². The van der Waals surface area contributed by atoms with Crippen molar-refractivity contribution in [1.29, 1.82) is 5.26 Å². The number of rotatable bonds is 2. The maximum atomic E-state index is 11.6. The van der Waals surface area contributed by atoms with E-state index in [1.165, 1.54) is 6.07 Å². The monoisotopic (exact) mass is 267 g/mol. The average molecular weight is 268 g/mol. The zero-order valence-electron chi connectivity index (χ0n) is 8.45. The van der Waals surface area contributed by atoms with Crippen molar-refractivity contribution in [2.45, 2.75) is 20.0 Å². The van der Waals surface area contributed by atoms with Crippen LogP contribution in [0.15, 0.2) is 22.7 Å². The first-order chi connectivity index (χ1) is 7.04. The van der Waals surface area contributed by atoms with E-state index in [2.05, 4.69) is 15.9 Å². The summed E-state index contributed by atoms with van der Waals surface area (Å²) in [6.45, 7) is 3.56. The molecule has 4 heteroatoms. The number of halogens is 1. The minimum absolute atomic E-state index is 0.171. The van der Waals surface area contributed by atoms with Gasteiger partial charge in [-0.05, 0) is 48.0 Å². The Kier molecular flexibility index (Phi) is 3.87. The molecule has 1 rings (SSSR count). The van der Waals surface area contributed by atoms with E-state index >= 15 is 0 Å². The number of benzene rings is 1. The first-order valence-corrected chi connectivity index (χ1v) is 5.24. The molecule has 0 atom stereocenters. The van der Waals surface area contributed by atoms with E-state index in [0.717, 1.165) is 0 Å². The van der Waals surface area contributed by atoms with Crippen molar-refractivity contribution in [3.8, 4) is 6.07 Å². The molecule has 0 saturated carbocycles. The van der Waals surface area contributed by atoms with Crippen molar-refractivity contribution in [2.24, 2.45) is 0 Å². The molecule has 0 spiro atoms. The van der Waals surface area contributed by atoms with Crippen LogP contribution in [0.25, 0.3) is 0 Å². The lowest BCUT2D eigenvalue weighted by Crippen LogP contribution is -2.12. The summed E-state index contributed by atoms with van der Waals surface area (Å²) < 4.78 is 5.67. The van der Waals surface area contributed by atoms with Crippen LogP contribution in [0.5, 0.6) is 0 Å². The molecular weight excluding hydrogens is 258 g/mol. The van der Waals surface area contributed by atoms with Gasteiger partial charge < -0.3 is 4.74 Å². The van der Waals surface area contributed by atoms with Gasteiger partial charge in [0.25, 0.3) is 0 Å². The Morgan fingerprint density at radius 1 is 1.53 bits per heavy atom. The van der Waals surface area contributed by atoms with Gasteiger partial charge in [-0.1, -0.05) is 0 Å². The highest BCUT2D eigenvalue weighted by atomic mass is 79.9. The normalized spacial score (nSPS) is 9.80. The van der Waals surface area contributed by atoms with Crippen LogP contribution >= 0.6 is 15.9 Å². The summed E-state index contributed by atoms with van der Waals surface area (Å²) in [4.78, 5) is 11.6. The molecule has 0 amide bonds. The van der Waals surface area contributed by atoms with Gasteiger partial charge in [-0.3, -0.25) is 0 Å². The number of ether oxygens (including phenoxy) is 1. The number of nitriles is 1. The predicted molar refractivity (Wildman–Crippen MR) is 59.4 cm³/mol. The van der Waals surface area contributed by atoms with Crippen molar-refractivity contribution in [2.75, 3.05) is 0 Å². The second kappa shape index (κ2) is 4.94. The standard InChI is InChI=1S/C11H10BrNO2/c1-7(2)15-11(14)9-5-8(6-13)3-4-10(9)12/h3-5,7H,1-2H3. The van der Waals surface area contributed by atoms with Crippen molar-refractivity contribution >= 4 is 21.9 Å². The van der Waals surface area contributed by atoms with Gasteiger partial charge in [0.15, 0.2) is 0 Å². The molecule has 0 bridgehead atoms. The molecular formula is C11H10BrNO2. The highest BCUT2D eigenvalue weighted by molar-refractivity contribution is 9.10. The third kappa shape index (κ3) is 3.07. The topological polar surface area (TPSA) is 50.1 Å². The number of hydrogen-bond donors (Lipinski definition) is 0. The summed E-state index contributed by atoms with van der Waals surface area (Å²) in [5, 5.41) is 8.70. The molecule has 0 aliphatic carbocycles. The summed E-state index contributed by atoms with van der Waals surface area (Å²) >= 11 is 3.24. The molecule has 0 saturated heterocycles. The van der Waals surface area contributed by atoms with Gasteiger partial charge in [0, 0.05) is 4.47 Å². The Bertz CT molecular complexity index is 421. The van der Waals surface area contributed by atoms with Gasteiger partial charge in [0.2, 0.25) is 0 Å². The fourth-order valence-corrected chi connectivity index (χ4v) is 1.44. The van der Waals surface area contributed by atoms with Gasteiger partial charge in [-0.15, -0.1) is 0 Å². The van der Waals surface area contributed by atoms with Gasteiger partial charge in [0.05, 0.1) is 23.3 Å². The highest BCUT2D eigenvalue weighted by Crippen LogP contribution is 2.19. The van der Waals surface area contributed by atoms with Gasteiger partial charge >= 0.3 is 5.97 Å². The van der Waals surface area contributed by atoms with Gasteiger partial charge in [-0.25, -0.2) is 4.79 Å². The number of nitrogens with zero attached hydrogens (tertiary/aromatic N) is 1. The molecule has 15 heavy (non-hydrogen) atoms. The molecule has 0 aliphatic rings. The quantitative estimate of drug-likeness (QED) is 0.775. The van der Waals surface area contributed by atoms with Gasteiger partial charge in [-0.2, -0.15) is 5.26 Å². The van der Waals surface area contributed by atoms with E-state index in [-0.39, 0.29) is 6.10 Å². The number of carbonyl (C=O) groups is 1. The van der Waals surface area contributed by atoms with Crippen molar-refractivity contribution in [3.05, 3.63) is 33.8 Å². The number of esters is 1. The Balaban J connectivity index is 3.03. The van der Waals surface area contributed by atoms with E-state index in [9.17, 15) is 4.79 Å². The van der Waals surface area contributed by atoms with Crippen LogP contribution in [0.4, 0.5) is 0 Å². The minimum atomic E-state index is -0.422. The second-order valence-corrected chi connectivity index (χ2v) is 4.11. The highest BCUT2D eigenvalue weighted by Gasteiger charge is 2.13. The van der Waals surface area contributed by atoms with Gasteiger partial charge in [0.1, 0.15) is 0 Å². The van der Waals surface area contributed by atoms with E-state index in [0.29, 0.717) is 15.6 Å². The molecule has 1 aromatic carbocycles. The van der Waals surface area contributed by atoms with Crippen LogP contribution in [-0.2, 0) is 4.74 Å². The Morgan fingerprint density at radius 3 is 2.73 bits per heavy atom. The molecule has 0 aliphatic heterocycles. The van der Waals surface area contributed by atoms with Crippen LogP contribution in [0.1, 0.15) is 29.8 Å². The van der Waals surface area contributed by atoms with E-state index < -0.39 is 5.97 Å². The van der Waals surface area contributed by atoms with Crippen LogP contribution in [0.3, 0.4) is 0 Å². The summed E-state index contributed by atoms with van der Waals surface area (Å²) in [5.41, 5.74) is 0.816.